The Morgan fingerprint density at radius 3 is 2.83 bits per heavy atom. The van der Waals surface area contributed by atoms with Gasteiger partial charge in [-0.25, -0.2) is 24.9 Å². The van der Waals surface area contributed by atoms with Gasteiger partial charge in [-0.15, -0.1) is 0 Å². The third kappa shape index (κ3) is 4.40. The maximum atomic E-state index is 12.1. The average Bonchev–Trinajstić information content (AvgIpc) is 3.32. The van der Waals surface area contributed by atoms with Crippen LogP contribution in [0.2, 0.25) is 0 Å². The molecule has 0 atom stereocenters. The highest BCUT2D eigenvalue weighted by Crippen LogP contribution is 2.29. The van der Waals surface area contributed by atoms with Gasteiger partial charge in [-0.3, -0.25) is 4.79 Å². The molecular weight excluding hydrogens is 458 g/mol. The molecule has 0 saturated carbocycles. The van der Waals surface area contributed by atoms with Gasteiger partial charge in [0.05, 0.1) is 36.4 Å². The van der Waals surface area contributed by atoms with Crippen molar-refractivity contribution in [2.45, 2.75) is 39.3 Å². The second-order valence-corrected chi connectivity index (χ2v) is 8.72. The highest BCUT2D eigenvalue weighted by atomic mass is 16.5. The summed E-state index contributed by atoms with van der Waals surface area (Å²) in [7, 11) is 1.58. The van der Waals surface area contributed by atoms with E-state index in [4.69, 9.17) is 15.0 Å². The van der Waals surface area contributed by atoms with Crippen LogP contribution in [0.15, 0.2) is 36.8 Å². The number of hydrogen-bond acceptors (Lipinski definition) is 9. The van der Waals surface area contributed by atoms with Gasteiger partial charge in [0.2, 0.25) is 17.7 Å². The van der Waals surface area contributed by atoms with Gasteiger partial charge in [-0.1, -0.05) is 6.07 Å². The van der Waals surface area contributed by atoms with Gasteiger partial charge in [0.1, 0.15) is 12.2 Å². The minimum absolute atomic E-state index is 0.108. The number of pyridine rings is 2. The van der Waals surface area contributed by atoms with Gasteiger partial charge in [-0.05, 0) is 37.6 Å². The van der Waals surface area contributed by atoms with Crippen LogP contribution in [-0.2, 0) is 17.8 Å². The number of rotatable bonds is 6. The lowest BCUT2D eigenvalue weighted by molar-refractivity contribution is -0.131. The summed E-state index contributed by atoms with van der Waals surface area (Å²) in [5.74, 6) is 1.28. The van der Waals surface area contributed by atoms with Crippen molar-refractivity contribution in [1.29, 1.82) is 5.26 Å². The number of hydrogen-bond donors (Lipinski definition) is 1. The number of nitrogens with one attached hydrogen (secondary N) is 1. The molecule has 11 nitrogen and oxygen atoms in total. The number of carbonyl (C=O) groups is 1. The van der Waals surface area contributed by atoms with Crippen LogP contribution in [0.25, 0.3) is 22.4 Å². The van der Waals surface area contributed by atoms with Crippen LogP contribution in [0.5, 0.6) is 5.88 Å². The molecule has 4 aromatic rings. The fourth-order valence-corrected chi connectivity index (χ4v) is 4.24. The fourth-order valence-electron chi connectivity index (χ4n) is 4.24. The third-order valence-corrected chi connectivity index (χ3v) is 6.07. The Hall–Kier alpha value is -4.59. The molecule has 36 heavy (non-hydrogen) atoms. The Bertz CT molecular complexity index is 1490. The van der Waals surface area contributed by atoms with Gasteiger partial charge in [-0.2, -0.15) is 5.26 Å². The molecule has 1 amide bonds. The molecule has 0 unspecified atom stereocenters. The molecular formula is C25H25N9O2. The lowest BCUT2D eigenvalue weighted by atomic mass is 10.1. The zero-order valence-electron chi connectivity index (χ0n) is 20.3. The van der Waals surface area contributed by atoms with Gasteiger partial charge in [0.25, 0.3) is 0 Å². The number of nitrogens with zero attached hydrogens (tertiary/aromatic N) is 8. The number of amides is 1. The van der Waals surface area contributed by atoms with Gasteiger partial charge in [0, 0.05) is 37.4 Å². The van der Waals surface area contributed by atoms with Crippen molar-refractivity contribution >= 4 is 28.7 Å². The minimum atomic E-state index is -0.157. The smallest absolute Gasteiger partial charge is 0.242 e. The maximum Gasteiger partial charge on any atom is 0.242 e. The third-order valence-electron chi connectivity index (χ3n) is 6.07. The lowest BCUT2D eigenvalue weighted by Crippen LogP contribution is -2.36. The van der Waals surface area contributed by atoms with Crippen molar-refractivity contribution in [3.63, 3.8) is 0 Å². The van der Waals surface area contributed by atoms with Crippen molar-refractivity contribution in [2.24, 2.45) is 0 Å². The Morgan fingerprint density at radius 2 is 2.06 bits per heavy atom. The molecule has 5 rings (SSSR count). The standard InChI is InChI=1S/C25H25N9O2/c1-15(2)34-14-28-23-20(34)12-19(30-24(23)36-3)18-7-10-27-25(31-18)32-21-5-4-16-13-33(22(35)6-9-26)11-8-17(16)29-21/h4-5,7,10,12,14-15H,6,8,11,13H2,1-3H3,(H,27,29,31,32). The van der Waals surface area contributed by atoms with Crippen molar-refractivity contribution < 1.29 is 9.53 Å². The summed E-state index contributed by atoms with van der Waals surface area (Å²) in [6.45, 7) is 5.18. The van der Waals surface area contributed by atoms with Gasteiger partial charge in [0.15, 0.2) is 5.52 Å². The minimum Gasteiger partial charge on any atom is -0.479 e. The molecule has 0 spiro atoms. The summed E-state index contributed by atoms with van der Waals surface area (Å²) >= 11 is 0. The van der Waals surface area contributed by atoms with Crippen LogP contribution in [0.3, 0.4) is 0 Å². The van der Waals surface area contributed by atoms with E-state index in [0.29, 0.717) is 54.1 Å². The molecule has 11 heteroatoms. The summed E-state index contributed by atoms with van der Waals surface area (Å²) in [6.07, 6.45) is 3.97. The first-order valence-electron chi connectivity index (χ1n) is 11.6. The monoisotopic (exact) mass is 483 g/mol. The number of imidazole rings is 1. The number of nitriles is 1. The summed E-state index contributed by atoms with van der Waals surface area (Å²) < 4.78 is 7.57. The van der Waals surface area contributed by atoms with Gasteiger partial charge < -0.3 is 19.5 Å². The first kappa shape index (κ1) is 23.2. The molecule has 0 aliphatic carbocycles. The van der Waals surface area contributed by atoms with Crippen LogP contribution >= 0.6 is 0 Å². The summed E-state index contributed by atoms with van der Waals surface area (Å²) in [4.78, 5) is 36.5. The lowest BCUT2D eigenvalue weighted by Gasteiger charge is -2.27. The second-order valence-electron chi connectivity index (χ2n) is 8.72. The Morgan fingerprint density at radius 1 is 1.19 bits per heavy atom. The molecule has 0 saturated heterocycles. The van der Waals surface area contributed by atoms with E-state index in [9.17, 15) is 4.79 Å². The average molecular weight is 484 g/mol. The first-order valence-corrected chi connectivity index (χ1v) is 11.6. The predicted molar refractivity (Wildman–Crippen MR) is 132 cm³/mol. The quantitative estimate of drug-likeness (QED) is 0.437. The highest BCUT2D eigenvalue weighted by Gasteiger charge is 2.22. The van der Waals surface area contributed by atoms with Crippen molar-refractivity contribution in [1.82, 2.24) is 34.4 Å². The molecule has 1 aliphatic heterocycles. The molecule has 182 valence electrons. The normalized spacial score (nSPS) is 12.9. The molecule has 5 heterocycles. The summed E-state index contributed by atoms with van der Waals surface area (Å²) in [6, 6.07) is 9.66. The second kappa shape index (κ2) is 9.58. The Labute approximate surface area is 207 Å². The van der Waals surface area contributed by atoms with Crippen molar-refractivity contribution in [2.75, 3.05) is 19.0 Å². The maximum absolute atomic E-state index is 12.1. The van der Waals surface area contributed by atoms with Crippen molar-refractivity contribution in [3.8, 4) is 23.3 Å². The SMILES string of the molecule is COc1nc(-c2ccnc(Nc3ccc4c(n3)CCN(C(=O)CC#N)C4)n2)cc2c1ncn2C(C)C. The van der Waals surface area contributed by atoms with Crippen LogP contribution in [0, 0.1) is 11.3 Å². The van der Waals surface area contributed by atoms with Crippen molar-refractivity contribution in [3.05, 3.63) is 48.0 Å². The Kier molecular flexibility index (Phi) is 6.16. The number of carbonyl (C=O) groups excluding carboxylic acids is 1. The van der Waals surface area contributed by atoms with E-state index in [2.05, 4.69) is 43.7 Å². The van der Waals surface area contributed by atoms with Crippen LogP contribution < -0.4 is 10.1 Å². The van der Waals surface area contributed by atoms with E-state index in [1.165, 1.54) is 0 Å². The molecule has 0 radical (unpaired) electrons. The van der Waals surface area contributed by atoms with Gasteiger partial charge >= 0.3 is 0 Å². The molecule has 4 aromatic heterocycles. The molecule has 0 fully saturated rings. The van der Waals surface area contributed by atoms with E-state index in [0.717, 1.165) is 16.8 Å². The van der Waals surface area contributed by atoms with E-state index in [1.54, 1.807) is 30.6 Å². The largest absolute Gasteiger partial charge is 0.479 e. The molecule has 1 N–H and O–H groups in total. The number of ether oxygens (including phenoxy) is 1. The molecule has 0 bridgehead atoms. The fraction of sp³-hybridized carbons (Fsp3) is 0.320. The topological polar surface area (TPSA) is 135 Å². The van der Waals surface area contributed by atoms with Crippen LogP contribution in [-0.4, -0.2) is 53.9 Å². The molecule has 0 aromatic carbocycles. The Balaban J connectivity index is 1.40. The van der Waals surface area contributed by atoms with Crippen LogP contribution in [0.4, 0.5) is 11.8 Å². The number of methoxy groups -OCH3 is 1. The van der Waals surface area contributed by atoms with E-state index in [1.807, 2.05) is 24.3 Å². The molecule has 1 aliphatic rings. The number of aromatic nitrogens is 6. The number of anilines is 2. The zero-order chi connectivity index (χ0) is 25.2. The summed E-state index contributed by atoms with van der Waals surface area (Å²) in [5, 5.41) is 12.0. The van der Waals surface area contributed by atoms with E-state index >= 15 is 0 Å². The first-order chi connectivity index (χ1) is 17.5. The van der Waals surface area contributed by atoms with E-state index in [-0.39, 0.29) is 18.4 Å². The van der Waals surface area contributed by atoms with Crippen LogP contribution in [0.1, 0.15) is 37.6 Å². The number of fused-ring (bicyclic) bond motifs is 2. The summed E-state index contributed by atoms with van der Waals surface area (Å²) in [5.41, 5.74) is 4.78. The highest BCUT2D eigenvalue weighted by molar-refractivity contribution is 5.84. The van der Waals surface area contributed by atoms with E-state index < -0.39 is 0 Å². The zero-order valence-corrected chi connectivity index (χ0v) is 20.3. The predicted octanol–water partition coefficient (Wildman–Crippen LogP) is 3.41.